The number of aromatic nitrogens is 1. The molecular formula is C17H22N2O. The highest BCUT2D eigenvalue weighted by molar-refractivity contribution is 5.83. The predicted molar refractivity (Wildman–Crippen MR) is 81.6 cm³/mol. The Bertz CT molecular complexity index is 596. The maximum Gasteiger partial charge on any atom is 0.226 e. The van der Waals surface area contributed by atoms with Gasteiger partial charge in [-0.3, -0.25) is 4.79 Å². The molecule has 3 heteroatoms. The van der Waals surface area contributed by atoms with Crippen LogP contribution >= 0.6 is 0 Å². The third-order valence-electron chi connectivity index (χ3n) is 4.49. The summed E-state index contributed by atoms with van der Waals surface area (Å²) in [6.07, 6.45) is 8.62. The van der Waals surface area contributed by atoms with Crippen molar-refractivity contribution in [1.82, 2.24) is 9.88 Å². The van der Waals surface area contributed by atoms with Gasteiger partial charge >= 0.3 is 0 Å². The smallest absolute Gasteiger partial charge is 0.226 e. The first-order valence-corrected chi connectivity index (χ1v) is 7.56. The molecule has 1 saturated carbocycles. The molecule has 1 aromatic carbocycles. The highest BCUT2D eigenvalue weighted by atomic mass is 16.2. The summed E-state index contributed by atoms with van der Waals surface area (Å²) in [6, 6.07) is 8.71. The van der Waals surface area contributed by atoms with Crippen LogP contribution in [0.15, 0.2) is 30.5 Å². The van der Waals surface area contributed by atoms with Crippen LogP contribution < -0.4 is 0 Å². The number of aromatic amines is 1. The topological polar surface area (TPSA) is 36.1 Å². The monoisotopic (exact) mass is 270 g/mol. The molecule has 1 aliphatic carbocycles. The van der Waals surface area contributed by atoms with Gasteiger partial charge < -0.3 is 9.88 Å². The zero-order valence-electron chi connectivity index (χ0n) is 12.1. The number of hydrogen-bond donors (Lipinski definition) is 1. The van der Waals surface area contributed by atoms with Crippen molar-refractivity contribution in [2.75, 3.05) is 7.05 Å². The quantitative estimate of drug-likeness (QED) is 0.910. The lowest BCUT2D eigenvalue weighted by Crippen LogP contribution is -2.39. The maximum absolute atomic E-state index is 12.4. The second-order valence-corrected chi connectivity index (χ2v) is 5.87. The number of amides is 1. The number of carbonyl (C=O) groups is 1. The fraction of sp³-hybridized carbons (Fsp3) is 0.471. The molecule has 0 radical (unpaired) electrons. The molecular weight excluding hydrogens is 248 g/mol. The van der Waals surface area contributed by atoms with Gasteiger partial charge in [0, 0.05) is 24.8 Å². The van der Waals surface area contributed by atoms with Crippen LogP contribution in [0, 0.1) is 0 Å². The number of hydrogen-bond acceptors (Lipinski definition) is 1. The molecule has 0 aliphatic heterocycles. The molecule has 1 N–H and O–H groups in total. The normalized spacial score (nSPS) is 16.4. The standard InChI is InChI=1S/C17H22N2O/c1-19(15-5-3-2-4-6-15)17(20)12-13-7-8-16-14(11-13)9-10-18-16/h7-11,15,18H,2-6,12H2,1H3. The molecule has 0 bridgehead atoms. The lowest BCUT2D eigenvalue weighted by molar-refractivity contribution is -0.131. The zero-order chi connectivity index (χ0) is 13.9. The third kappa shape index (κ3) is 2.72. The van der Waals surface area contributed by atoms with Crippen LogP contribution in [-0.4, -0.2) is 28.9 Å². The average Bonchev–Trinajstić information content (AvgIpc) is 2.95. The molecule has 20 heavy (non-hydrogen) atoms. The van der Waals surface area contributed by atoms with Crippen LogP contribution in [0.3, 0.4) is 0 Å². The van der Waals surface area contributed by atoms with Gasteiger partial charge in [0.05, 0.1) is 6.42 Å². The van der Waals surface area contributed by atoms with Gasteiger partial charge in [-0.25, -0.2) is 0 Å². The number of rotatable bonds is 3. The van der Waals surface area contributed by atoms with Gasteiger partial charge in [0.25, 0.3) is 0 Å². The minimum atomic E-state index is 0.242. The van der Waals surface area contributed by atoms with E-state index in [2.05, 4.69) is 17.1 Å². The molecule has 1 aliphatic rings. The summed E-state index contributed by atoms with van der Waals surface area (Å²) in [5, 5.41) is 1.18. The van der Waals surface area contributed by atoms with Crippen LogP contribution in [0.4, 0.5) is 0 Å². The van der Waals surface area contributed by atoms with E-state index < -0.39 is 0 Å². The fourth-order valence-electron chi connectivity index (χ4n) is 3.18. The van der Waals surface area contributed by atoms with Crippen molar-refractivity contribution in [3.8, 4) is 0 Å². The third-order valence-corrected chi connectivity index (χ3v) is 4.49. The summed E-state index contributed by atoms with van der Waals surface area (Å²) < 4.78 is 0. The number of nitrogens with one attached hydrogen (secondary N) is 1. The van der Waals surface area contributed by atoms with Crippen LogP contribution in [0.2, 0.25) is 0 Å². The van der Waals surface area contributed by atoms with Gasteiger partial charge in [0.1, 0.15) is 0 Å². The summed E-state index contributed by atoms with van der Waals surface area (Å²) in [5.41, 5.74) is 2.23. The van der Waals surface area contributed by atoms with Crippen molar-refractivity contribution >= 4 is 16.8 Å². The number of nitrogens with zero attached hydrogens (tertiary/aromatic N) is 1. The van der Waals surface area contributed by atoms with Crippen LogP contribution in [0.5, 0.6) is 0 Å². The maximum atomic E-state index is 12.4. The van der Waals surface area contributed by atoms with Crippen LogP contribution in [0.25, 0.3) is 10.9 Å². The lowest BCUT2D eigenvalue weighted by Gasteiger charge is -2.31. The highest BCUT2D eigenvalue weighted by Gasteiger charge is 2.21. The van der Waals surface area contributed by atoms with Crippen molar-refractivity contribution in [2.45, 2.75) is 44.6 Å². The van der Waals surface area contributed by atoms with Gasteiger partial charge in [0.15, 0.2) is 0 Å². The van der Waals surface area contributed by atoms with Gasteiger partial charge in [-0.05, 0) is 42.0 Å². The number of fused-ring (bicyclic) bond motifs is 1. The summed E-state index contributed by atoms with van der Waals surface area (Å²) in [6.45, 7) is 0. The Morgan fingerprint density at radius 1 is 1.25 bits per heavy atom. The Morgan fingerprint density at radius 3 is 2.85 bits per heavy atom. The minimum absolute atomic E-state index is 0.242. The van der Waals surface area contributed by atoms with E-state index in [1.165, 1.54) is 37.5 Å². The van der Waals surface area contributed by atoms with Crippen LogP contribution in [-0.2, 0) is 11.2 Å². The Morgan fingerprint density at radius 2 is 2.05 bits per heavy atom. The van der Waals surface area contributed by atoms with Crippen molar-refractivity contribution in [1.29, 1.82) is 0 Å². The van der Waals surface area contributed by atoms with Gasteiger partial charge in [-0.1, -0.05) is 25.3 Å². The SMILES string of the molecule is CN(C(=O)Cc1ccc2[nH]ccc2c1)C1CCCCC1. The number of benzene rings is 1. The average molecular weight is 270 g/mol. The first-order chi connectivity index (χ1) is 9.74. The first-order valence-electron chi connectivity index (χ1n) is 7.56. The number of carbonyl (C=O) groups excluding carboxylic acids is 1. The molecule has 0 saturated heterocycles. The van der Waals surface area contributed by atoms with E-state index in [9.17, 15) is 4.79 Å². The lowest BCUT2D eigenvalue weighted by atomic mass is 9.94. The Balaban J connectivity index is 1.67. The first kappa shape index (κ1) is 13.2. The fourth-order valence-corrected chi connectivity index (χ4v) is 3.18. The van der Waals surface area contributed by atoms with E-state index in [1.54, 1.807) is 0 Å². The van der Waals surface area contributed by atoms with Crippen LogP contribution in [0.1, 0.15) is 37.7 Å². The molecule has 3 rings (SSSR count). The van der Waals surface area contributed by atoms with E-state index in [0.717, 1.165) is 11.1 Å². The number of H-pyrrole nitrogens is 1. The summed E-state index contributed by atoms with van der Waals surface area (Å²) in [5.74, 6) is 0.242. The van der Waals surface area contributed by atoms with E-state index in [0.29, 0.717) is 12.5 Å². The van der Waals surface area contributed by atoms with Gasteiger partial charge in [0.2, 0.25) is 5.91 Å². The molecule has 0 spiro atoms. The number of likely N-dealkylation sites (N-methyl/N-ethyl adjacent to an activating group) is 1. The van der Waals surface area contributed by atoms with Crippen molar-refractivity contribution in [3.05, 3.63) is 36.0 Å². The summed E-state index contributed by atoms with van der Waals surface area (Å²) in [4.78, 5) is 17.6. The predicted octanol–water partition coefficient (Wildman–Crippen LogP) is 3.50. The molecule has 0 unspecified atom stereocenters. The Hall–Kier alpha value is -1.77. The molecule has 0 atom stereocenters. The summed E-state index contributed by atoms with van der Waals surface area (Å²) in [7, 11) is 1.97. The van der Waals surface area contributed by atoms with E-state index >= 15 is 0 Å². The molecule has 1 fully saturated rings. The molecule has 1 amide bonds. The van der Waals surface area contributed by atoms with Crippen molar-refractivity contribution in [2.24, 2.45) is 0 Å². The van der Waals surface area contributed by atoms with Crippen molar-refractivity contribution in [3.63, 3.8) is 0 Å². The molecule has 106 valence electrons. The second-order valence-electron chi connectivity index (χ2n) is 5.87. The minimum Gasteiger partial charge on any atom is -0.361 e. The van der Waals surface area contributed by atoms with E-state index in [-0.39, 0.29) is 5.91 Å². The van der Waals surface area contributed by atoms with E-state index in [4.69, 9.17) is 0 Å². The van der Waals surface area contributed by atoms with Gasteiger partial charge in [-0.15, -0.1) is 0 Å². The molecule has 1 heterocycles. The summed E-state index contributed by atoms with van der Waals surface area (Å²) >= 11 is 0. The second kappa shape index (κ2) is 5.70. The molecule has 1 aromatic heterocycles. The Labute approximate surface area is 120 Å². The Kier molecular flexibility index (Phi) is 3.77. The largest absolute Gasteiger partial charge is 0.361 e. The highest BCUT2D eigenvalue weighted by Crippen LogP contribution is 2.22. The molecule has 2 aromatic rings. The zero-order valence-corrected chi connectivity index (χ0v) is 12.1. The van der Waals surface area contributed by atoms with E-state index in [1.807, 2.05) is 30.3 Å². The molecule has 3 nitrogen and oxygen atoms in total. The van der Waals surface area contributed by atoms with Crippen molar-refractivity contribution < 1.29 is 4.79 Å². The van der Waals surface area contributed by atoms with Gasteiger partial charge in [-0.2, -0.15) is 0 Å².